The Balaban J connectivity index is 2.12. The van der Waals surface area contributed by atoms with Crippen molar-refractivity contribution in [3.63, 3.8) is 0 Å². The van der Waals surface area contributed by atoms with E-state index in [0.29, 0.717) is 23.8 Å². The number of nitrogens with two attached hydrogens (primary N) is 1. The van der Waals surface area contributed by atoms with Crippen molar-refractivity contribution in [2.45, 2.75) is 89.9 Å². The summed E-state index contributed by atoms with van der Waals surface area (Å²) < 4.78 is 0. The SMILES string of the molecule is CC(C)C[C@H](NC(=O)[C@H](C)N)C(=O)NC(CC1CCCCC1)C(O)c1nccs1. The molecule has 164 valence electrons. The average molecular weight is 425 g/mol. The number of amides is 2. The van der Waals surface area contributed by atoms with Crippen LogP contribution in [0.5, 0.6) is 0 Å². The molecule has 7 nitrogen and oxygen atoms in total. The Morgan fingerprint density at radius 2 is 1.90 bits per heavy atom. The van der Waals surface area contributed by atoms with Crippen molar-refractivity contribution < 1.29 is 14.7 Å². The van der Waals surface area contributed by atoms with E-state index in [-0.39, 0.29) is 17.7 Å². The average Bonchev–Trinajstić information content (AvgIpc) is 3.21. The molecule has 8 heteroatoms. The van der Waals surface area contributed by atoms with Gasteiger partial charge in [0, 0.05) is 11.6 Å². The Kier molecular flexibility index (Phi) is 9.52. The summed E-state index contributed by atoms with van der Waals surface area (Å²) >= 11 is 1.38. The van der Waals surface area contributed by atoms with Crippen LogP contribution in [0, 0.1) is 11.8 Å². The first-order chi connectivity index (χ1) is 13.8. The molecule has 1 aliphatic rings. The van der Waals surface area contributed by atoms with E-state index in [4.69, 9.17) is 5.73 Å². The molecule has 1 aromatic heterocycles. The molecule has 0 aromatic carbocycles. The monoisotopic (exact) mass is 424 g/mol. The van der Waals surface area contributed by atoms with E-state index in [2.05, 4.69) is 15.6 Å². The third kappa shape index (κ3) is 7.68. The first-order valence-electron chi connectivity index (χ1n) is 10.7. The van der Waals surface area contributed by atoms with E-state index in [1.165, 1.54) is 30.6 Å². The Morgan fingerprint density at radius 3 is 2.45 bits per heavy atom. The number of carbonyl (C=O) groups excluding carboxylic acids is 2. The normalized spacial score (nSPS) is 19.4. The van der Waals surface area contributed by atoms with E-state index >= 15 is 0 Å². The van der Waals surface area contributed by atoms with Crippen molar-refractivity contribution in [3.8, 4) is 0 Å². The van der Waals surface area contributed by atoms with Crippen LogP contribution in [0.4, 0.5) is 0 Å². The zero-order valence-corrected chi connectivity index (χ0v) is 18.6. The molecular formula is C21H36N4O3S. The van der Waals surface area contributed by atoms with Crippen LogP contribution in [-0.4, -0.2) is 40.0 Å². The maximum absolute atomic E-state index is 13.1. The summed E-state index contributed by atoms with van der Waals surface area (Å²) in [5.41, 5.74) is 5.66. The minimum absolute atomic E-state index is 0.222. The molecule has 1 heterocycles. The van der Waals surface area contributed by atoms with Crippen LogP contribution in [0.1, 0.15) is 76.8 Å². The second kappa shape index (κ2) is 11.6. The zero-order valence-electron chi connectivity index (χ0n) is 17.8. The quantitative estimate of drug-likeness (QED) is 0.460. The van der Waals surface area contributed by atoms with E-state index in [9.17, 15) is 14.7 Å². The number of rotatable bonds is 10. The number of thiazole rings is 1. The highest BCUT2D eigenvalue weighted by molar-refractivity contribution is 7.09. The maximum Gasteiger partial charge on any atom is 0.242 e. The summed E-state index contributed by atoms with van der Waals surface area (Å²) in [5.74, 6) is 0.0740. The number of aliphatic hydroxyl groups is 1. The molecule has 5 N–H and O–H groups in total. The molecule has 0 saturated heterocycles. The Hall–Kier alpha value is -1.51. The van der Waals surface area contributed by atoms with E-state index in [0.717, 1.165) is 12.8 Å². The van der Waals surface area contributed by atoms with Crippen LogP contribution in [-0.2, 0) is 9.59 Å². The van der Waals surface area contributed by atoms with E-state index < -0.39 is 24.2 Å². The molecule has 0 bridgehead atoms. The summed E-state index contributed by atoms with van der Waals surface area (Å²) in [6, 6.07) is -1.79. The lowest BCUT2D eigenvalue weighted by atomic mass is 9.83. The molecule has 2 amide bonds. The highest BCUT2D eigenvalue weighted by atomic mass is 32.1. The minimum Gasteiger partial charge on any atom is -0.384 e. The zero-order chi connectivity index (χ0) is 21.4. The van der Waals surface area contributed by atoms with Gasteiger partial charge < -0.3 is 21.5 Å². The van der Waals surface area contributed by atoms with Crippen LogP contribution < -0.4 is 16.4 Å². The molecule has 1 saturated carbocycles. The Morgan fingerprint density at radius 1 is 1.21 bits per heavy atom. The molecule has 2 rings (SSSR count). The molecule has 2 unspecified atom stereocenters. The second-order valence-electron chi connectivity index (χ2n) is 8.65. The summed E-state index contributed by atoms with van der Waals surface area (Å²) in [4.78, 5) is 29.4. The van der Waals surface area contributed by atoms with Gasteiger partial charge in [0.05, 0.1) is 12.1 Å². The van der Waals surface area contributed by atoms with Gasteiger partial charge in [0.2, 0.25) is 11.8 Å². The minimum atomic E-state index is -0.857. The standard InChI is InChI=1S/C21H36N4O3S/c1-13(2)11-17(25-19(27)14(3)22)20(28)24-16(12-15-7-5-4-6-8-15)18(26)21-23-9-10-29-21/h9-10,13-18,26H,4-8,11-12,22H2,1-3H3,(H,24,28)(H,25,27)/t14-,16?,17-,18?/m0/s1. The van der Waals surface area contributed by atoms with Crippen LogP contribution in [0.2, 0.25) is 0 Å². The van der Waals surface area contributed by atoms with Gasteiger partial charge in [0.25, 0.3) is 0 Å². The number of hydrogen-bond donors (Lipinski definition) is 4. The highest BCUT2D eigenvalue weighted by Crippen LogP contribution is 2.31. The summed E-state index contributed by atoms with van der Waals surface area (Å²) in [7, 11) is 0. The molecule has 0 radical (unpaired) electrons. The van der Waals surface area contributed by atoms with Gasteiger partial charge in [-0.15, -0.1) is 11.3 Å². The lowest BCUT2D eigenvalue weighted by molar-refractivity contribution is -0.130. The van der Waals surface area contributed by atoms with Gasteiger partial charge in [-0.3, -0.25) is 9.59 Å². The topological polar surface area (TPSA) is 117 Å². The van der Waals surface area contributed by atoms with Crippen molar-refractivity contribution in [2.75, 3.05) is 0 Å². The predicted molar refractivity (Wildman–Crippen MR) is 115 cm³/mol. The van der Waals surface area contributed by atoms with Gasteiger partial charge in [-0.1, -0.05) is 46.0 Å². The largest absolute Gasteiger partial charge is 0.384 e. The molecule has 1 aromatic rings. The third-order valence-electron chi connectivity index (χ3n) is 5.48. The lowest BCUT2D eigenvalue weighted by Crippen LogP contribution is -2.54. The molecule has 0 aliphatic heterocycles. The molecule has 0 spiro atoms. The molecular weight excluding hydrogens is 388 g/mol. The third-order valence-corrected chi connectivity index (χ3v) is 6.33. The van der Waals surface area contributed by atoms with Gasteiger partial charge in [0.1, 0.15) is 17.2 Å². The first kappa shape index (κ1) is 23.8. The van der Waals surface area contributed by atoms with Gasteiger partial charge in [-0.05, 0) is 31.6 Å². The Bertz CT molecular complexity index is 630. The maximum atomic E-state index is 13.1. The fourth-order valence-corrected chi connectivity index (χ4v) is 4.58. The van der Waals surface area contributed by atoms with Crippen LogP contribution >= 0.6 is 11.3 Å². The molecule has 1 aliphatic carbocycles. The first-order valence-corrected chi connectivity index (χ1v) is 11.6. The smallest absolute Gasteiger partial charge is 0.242 e. The Labute approximate surface area is 177 Å². The molecule has 4 atom stereocenters. The molecule has 29 heavy (non-hydrogen) atoms. The number of hydrogen-bond acceptors (Lipinski definition) is 6. The summed E-state index contributed by atoms with van der Waals surface area (Å²) in [6.07, 6.45) is 7.90. The van der Waals surface area contributed by atoms with Crippen LogP contribution in [0.25, 0.3) is 0 Å². The van der Waals surface area contributed by atoms with Crippen LogP contribution in [0.15, 0.2) is 11.6 Å². The van der Waals surface area contributed by atoms with Crippen molar-refractivity contribution >= 4 is 23.2 Å². The van der Waals surface area contributed by atoms with Crippen molar-refractivity contribution in [3.05, 3.63) is 16.6 Å². The number of carbonyl (C=O) groups is 2. The fraction of sp³-hybridized carbons (Fsp3) is 0.762. The van der Waals surface area contributed by atoms with Crippen molar-refractivity contribution in [1.29, 1.82) is 0 Å². The second-order valence-corrected chi connectivity index (χ2v) is 9.58. The lowest BCUT2D eigenvalue weighted by Gasteiger charge is -2.31. The van der Waals surface area contributed by atoms with Gasteiger partial charge in [-0.2, -0.15) is 0 Å². The summed E-state index contributed by atoms with van der Waals surface area (Å²) in [6.45, 7) is 5.60. The van der Waals surface area contributed by atoms with Gasteiger partial charge in [-0.25, -0.2) is 4.98 Å². The number of nitrogens with one attached hydrogen (secondary N) is 2. The fourth-order valence-electron chi connectivity index (χ4n) is 3.89. The number of aliphatic hydroxyl groups excluding tert-OH is 1. The van der Waals surface area contributed by atoms with Gasteiger partial charge >= 0.3 is 0 Å². The van der Waals surface area contributed by atoms with E-state index in [1.54, 1.807) is 13.1 Å². The predicted octanol–water partition coefficient (Wildman–Crippen LogP) is 2.51. The summed E-state index contributed by atoms with van der Waals surface area (Å²) in [5, 5.41) is 19.1. The van der Waals surface area contributed by atoms with Crippen molar-refractivity contribution in [1.82, 2.24) is 15.6 Å². The van der Waals surface area contributed by atoms with Crippen molar-refractivity contribution in [2.24, 2.45) is 17.6 Å². The van der Waals surface area contributed by atoms with Gasteiger partial charge in [0.15, 0.2) is 0 Å². The highest BCUT2D eigenvalue weighted by Gasteiger charge is 2.31. The molecule has 1 fully saturated rings. The van der Waals surface area contributed by atoms with E-state index in [1.807, 2.05) is 19.2 Å². The number of nitrogens with zero attached hydrogens (tertiary/aromatic N) is 1. The number of aromatic nitrogens is 1. The van der Waals surface area contributed by atoms with Crippen LogP contribution in [0.3, 0.4) is 0 Å².